The van der Waals surface area contributed by atoms with Gasteiger partial charge in [-0.2, -0.15) is 4.39 Å². The van der Waals surface area contributed by atoms with Gasteiger partial charge in [-0.15, -0.1) is 0 Å². The molecule has 2 aromatic rings. The van der Waals surface area contributed by atoms with E-state index in [1.54, 1.807) is 12.1 Å². The molecule has 0 spiro atoms. The number of benzene rings is 2. The highest BCUT2D eigenvalue weighted by molar-refractivity contribution is 5.94. The van der Waals surface area contributed by atoms with Crippen molar-refractivity contribution >= 4 is 11.8 Å². The molecule has 27 heavy (non-hydrogen) atoms. The molecule has 1 aliphatic carbocycles. The fourth-order valence-corrected chi connectivity index (χ4v) is 3.37. The lowest BCUT2D eigenvalue weighted by atomic mass is 9.79. The monoisotopic (exact) mass is 374 g/mol. The average molecular weight is 374 g/mol. The van der Waals surface area contributed by atoms with Crippen molar-refractivity contribution in [2.75, 3.05) is 0 Å². The van der Waals surface area contributed by atoms with Crippen LogP contribution in [-0.4, -0.2) is 5.97 Å². The number of hydrogen-bond donors (Lipinski definition) is 0. The number of carbonyl (C=O) groups is 1. The van der Waals surface area contributed by atoms with Gasteiger partial charge in [-0.25, -0.2) is 13.6 Å². The second-order valence-electron chi connectivity index (χ2n) is 7.05. The quantitative estimate of drug-likeness (QED) is 0.355. The Labute approximate surface area is 156 Å². The summed E-state index contributed by atoms with van der Waals surface area (Å²) in [5, 5.41) is 0. The lowest BCUT2D eigenvalue weighted by Crippen LogP contribution is -2.11. The summed E-state index contributed by atoms with van der Waals surface area (Å²) in [6, 6.07) is 11.0. The fraction of sp³-hybridized carbons (Fsp3) is 0.318. The Hall–Kier alpha value is -2.56. The summed E-state index contributed by atoms with van der Waals surface area (Å²) in [6.45, 7) is 2.24. The van der Waals surface area contributed by atoms with Gasteiger partial charge < -0.3 is 4.74 Å². The first-order valence-corrected chi connectivity index (χ1v) is 9.07. The van der Waals surface area contributed by atoms with Crippen molar-refractivity contribution in [3.63, 3.8) is 0 Å². The molecular weight excluding hydrogens is 353 g/mol. The van der Waals surface area contributed by atoms with Crippen LogP contribution in [0.2, 0.25) is 0 Å². The first kappa shape index (κ1) is 19.2. The van der Waals surface area contributed by atoms with E-state index in [1.165, 1.54) is 25.0 Å². The predicted octanol–water partition coefficient (Wildman–Crippen LogP) is 6.33. The fourth-order valence-electron chi connectivity index (χ4n) is 3.37. The lowest BCUT2D eigenvalue weighted by Gasteiger charge is -2.26. The Morgan fingerprint density at radius 2 is 1.52 bits per heavy atom. The van der Waals surface area contributed by atoms with Crippen LogP contribution in [0.5, 0.6) is 5.75 Å². The molecule has 1 fully saturated rings. The maximum atomic E-state index is 14.3. The molecule has 2 aromatic carbocycles. The summed E-state index contributed by atoms with van der Waals surface area (Å²) in [5.41, 5.74) is 1.09. The summed E-state index contributed by atoms with van der Waals surface area (Å²) in [7, 11) is 0. The van der Waals surface area contributed by atoms with Gasteiger partial charge in [0, 0.05) is 5.56 Å². The van der Waals surface area contributed by atoms with Crippen molar-refractivity contribution in [3.05, 3.63) is 71.3 Å². The molecule has 0 aromatic heterocycles. The molecule has 0 amide bonds. The van der Waals surface area contributed by atoms with Gasteiger partial charge in [0.15, 0.2) is 5.83 Å². The molecule has 0 radical (unpaired) electrons. The van der Waals surface area contributed by atoms with Gasteiger partial charge >= 0.3 is 5.97 Å². The van der Waals surface area contributed by atoms with Crippen LogP contribution in [-0.2, 0) is 4.79 Å². The minimum atomic E-state index is -1.61. The van der Waals surface area contributed by atoms with Crippen LogP contribution in [0, 0.1) is 11.7 Å². The average Bonchev–Trinajstić information content (AvgIpc) is 2.69. The molecule has 1 saturated carbocycles. The topological polar surface area (TPSA) is 26.3 Å². The van der Waals surface area contributed by atoms with Crippen molar-refractivity contribution in [3.8, 4) is 5.75 Å². The van der Waals surface area contributed by atoms with Crippen LogP contribution >= 0.6 is 0 Å². The second kappa shape index (κ2) is 8.42. The minimum Gasteiger partial charge on any atom is -0.421 e. The van der Waals surface area contributed by atoms with Gasteiger partial charge in [-0.05, 0) is 54.5 Å². The van der Waals surface area contributed by atoms with Gasteiger partial charge in [0.05, 0.1) is 0 Å². The molecular formula is C22H21F3O2. The van der Waals surface area contributed by atoms with E-state index >= 15 is 0 Å². The van der Waals surface area contributed by atoms with Gasteiger partial charge in [0.2, 0.25) is 5.83 Å². The molecule has 0 bridgehead atoms. The molecule has 0 saturated heterocycles. The molecule has 0 heterocycles. The van der Waals surface area contributed by atoms with E-state index in [4.69, 9.17) is 4.74 Å². The smallest absolute Gasteiger partial charge is 0.375 e. The molecule has 5 heteroatoms. The number of hydrogen-bond acceptors (Lipinski definition) is 2. The summed E-state index contributed by atoms with van der Waals surface area (Å²) in [6.07, 6.45) is 4.53. The van der Waals surface area contributed by atoms with Crippen molar-refractivity contribution in [2.45, 2.75) is 38.5 Å². The van der Waals surface area contributed by atoms with Crippen LogP contribution in [0.15, 0.2) is 54.4 Å². The molecule has 0 aliphatic heterocycles. The molecule has 0 atom stereocenters. The standard InChI is InChI=1S/C22H21F3O2/c1-14-2-4-15(5-3-14)16-6-8-17(9-7-16)20(24)21(25)22(26)27-19-12-10-18(23)11-13-19/h6-15H,2-5H2,1H3/b21-20-. The van der Waals surface area contributed by atoms with Crippen LogP contribution < -0.4 is 4.74 Å². The highest BCUT2D eigenvalue weighted by Crippen LogP contribution is 2.36. The number of rotatable bonds is 4. The Bertz CT molecular complexity index is 818. The molecule has 2 nitrogen and oxygen atoms in total. The van der Waals surface area contributed by atoms with Crippen molar-refractivity contribution in [2.24, 2.45) is 5.92 Å². The van der Waals surface area contributed by atoms with Gasteiger partial charge in [-0.1, -0.05) is 44.0 Å². The largest absolute Gasteiger partial charge is 0.421 e. The first-order valence-electron chi connectivity index (χ1n) is 9.07. The number of esters is 1. The summed E-state index contributed by atoms with van der Waals surface area (Å²) >= 11 is 0. The maximum absolute atomic E-state index is 14.3. The van der Waals surface area contributed by atoms with Crippen molar-refractivity contribution in [1.82, 2.24) is 0 Å². The third kappa shape index (κ3) is 4.79. The van der Waals surface area contributed by atoms with Crippen molar-refractivity contribution in [1.29, 1.82) is 0 Å². The highest BCUT2D eigenvalue weighted by atomic mass is 19.2. The molecule has 3 rings (SSSR count). The van der Waals surface area contributed by atoms with Gasteiger partial charge in [-0.3, -0.25) is 0 Å². The van der Waals surface area contributed by atoms with E-state index in [0.29, 0.717) is 5.92 Å². The number of carbonyl (C=O) groups excluding carboxylic acids is 1. The summed E-state index contributed by atoms with van der Waals surface area (Å²) < 4.78 is 46.0. The van der Waals surface area contributed by atoms with E-state index in [-0.39, 0.29) is 11.3 Å². The first-order chi connectivity index (χ1) is 12.9. The third-order valence-corrected chi connectivity index (χ3v) is 5.05. The van der Waals surface area contributed by atoms with E-state index in [1.807, 2.05) is 0 Å². The minimum absolute atomic E-state index is 0.0171. The van der Waals surface area contributed by atoms with Crippen LogP contribution in [0.1, 0.15) is 49.7 Å². The molecule has 0 N–H and O–H groups in total. The Kier molecular flexibility index (Phi) is 5.99. The van der Waals surface area contributed by atoms with Crippen LogP contribution in [0.4, 0.5) is 13.2 Å². The Morgan fingerprint density at radius 1 is 0.926 bits per heavy atom. The highest BCUT2D eigenvalue weighted by Gasteiger charge is 2.22. The molecule has 1 aliphatic rings. The van der Waals surface area contributed by atoms with Crippen LogP contribution in [0.3, 0.4) is 0 Å². The predicted molar refractivity (Wildman–Crippen MR) is 98.0 cm³/mol. The van der Waals surface area contributed by atoms with Crippen LogP contribution in [0.25, 0.3) is 5.83 Å². The molecule has 0 unspecified atom stereocenters. The van der Waals surface area contributed by atoms with E-state index in [9.17, 15) is 18.0 Å². The zero-order valence-corrected chi connectivity index (χ0v) is 15.1. The SMILES string of the molecule is CC1CCC(c2ccc(/C(F)=C(/F)C(=O)Oc3ccc(F)cc3)cc2)CC1. The molecule has 142 valence electrons. The Balaban J connectivity index is 1.70. The normalized spacial score (nSPS) is 20.7. The Morgan fingerprint density at radius 3 is 2.11 bits per heavy atom. The second-order valence-corrected chi connectivity index (χ2v) is 7.05. The van der Waals surface area contributed by atoms with Crippen molar-refractivity contribution < 1.29 is 22.7 Å². The van der Waals surface area contributed by atoms with Gasteiger partial charge in [0.25, 0.3) is 0 Å². The summed E-state index contributed by atoms with van der Waals surface area (Å²) in [5.74, 6) is -3.75. The summed E-state index contributed by atoms with van der Waals surface area (Å²) in [4.78, 5) is 11.8. The maximum Gasteiger partial charge on any atom is 0.375 e. The number of halogens is 3. The van der Waals surface area contributed by atoms with E-state index in [2.05, 4.69) is 6.92 Å². The number of ether oxygens (including phenoxy) is 1. The lowest BCUT2D eigenvalue weighted by molar-refractivity contribution is -0.131. The van der Waals surface area contributed by atoms with E-state index < -0.39 is 23.4 Å². The zero-order valence-electron chi connectivity index (χ0n) is 15.1. The van der Waals surface area contributed by atoms with E-state index in [0.717, 1.165) is 48.6 Å². The van der Waals surface area contributed by atoms with Gasteiger partial charge in [0.1, 0.15) is 11.6 Å². The third-order valence-electron chi connectivity index (χ3n) is 5.05. The zero-order chi connectivity index (χ0) is 19.4.